The molecule has 5 heteroatoms. The fraction of sp³-hybridized carbons (Fsp3) is 0.900. The van der Waals surface area contributed by atoms with Gasteiger partial charge in [-0.2, -0.15) is 0 Å². The van der Waals surface area contributed by atoms with Crippen molar-refractivity contribution in [3.8, 4) is 0 Å². The van der Waals surface area contributed by atoms with Crippen LogP contribution in [-0.4, -0.2) is 43.1 Å². The first-order chi connectivity index (χ1) is 7.20. The summed E-state index contributed by atoms with van der Waals surface area (Å²) in [5.74, 6) is -0.553. The first kappa shape index (κ1) is 10.9. The van der Waals surface area contributed by atoms with Crippen LogP contribution in [0.3, 0.4) is 0 Å². The molecule has 15 heavy (non-hydrogen) atoms. The molecule has 0 aliphatic carbocycles. The van der Waals surface area contributed by atoms with Gasteiger partial charge in [-0.1, -0.05) is 0 Å². The van der Waals surface area contributed by atoms with Crippen LogP contribution >= 0.6 is 0 Å². The Kier molecular flexibility index (Phi) is 3.23. The predicted octanol–water partition coefficient (Wildman–Crippen LogP) is 0.694. The van der Waals surface area contributed by atoms with E-state index in [2.05, 4.69) is 0 Å². The monoisotopic (exact) mass is 215 g/mol. The number of carbonyl (C=O) groups is 1. The third kappa shape index (κ3) is 2.68. The molecular weight excluding hydrogens is 198 g/mol. The van der Waals surface area contributed by atoms with Gasteiger partial charge in [-0.25, -0.2) is 5.06 Å². The standard InChI is InChI=1S/C10H17NO4/c1-10(13-7-8-14-10)4-3-9(12)11-5-2-6-15-11/h2-8H2,1H3. The average molecular weight is 215 g/mol. The van der Waals surface area contributed by atoms with Crippen LogP contribution < -0.4 is 0 Å². The van der Waals surface area contributed by atoms with Crippen LogP contribution in [0.2, 0.25) is 0 Å². The van der Waals surface area contributed by atoms with Crippen molar-refractivity contribution in [2.24, 2.45) is 0 Å². The van der Waals surface area contributed by atoms with Crippen molar-refractivity contribution in [2.45, 2.75) is 32.0 Å². The highest BCUT2D eigenvalue weighted by Gasteiger charge is 2.32. The van der Waals surface area contributed by atoms with E-state index in [1.807, 2.05) is 6.92 Å². The molecule has 0 atom stereocenters. The molecule has 0 bridgehead atoms. The fourth-order valence-electron chi connectivity index (χ4n) is 1.80. The minimum atomic E-state index is -0.574. The van der Waals surface area contributed by atoms with Gasteiger partial charge >= 0.3 is 0 Å². The lowest BCUT2D eigenvalue weighted by molar-refractivity contribution is -0.177. The summed E-state index contributed by atoms with van der Waals surface area (Å²) in [5.41, 5.74) is 0. The smallest absolute Gasteiger partial charge is 0.246 e. The van der Waals surface area contributed by atoms with Crippen LogP contribution in [0.4, 0.5) is 0 Å². The molecule has 2 heterocycles. The molecule has 0 aromatic heterocycles. The summed E-state index contributed by atoms with van der Waals surface area (Å²) in [7, 11) is 0. The molecule has 0 saturated carbocycles. The minimum absolute atomic E-state index is 0.0211. The Morgan fingerprint density at radius 3 is 2.67 bits per heavy atom. The van der Waals surface area contributed by atoms with Crippen molar-refractivity contribution >= 4 is 5.91 Å². The van der Waals surface area contributed by atoms with Gasteiger partial charge in [0, 0.05) is 12.8 Å². The molecule has 2 aliphatic heterocycles. The van der Waals surface area contributed by atoms with Gasteiger partial charge in [0.1, 0.15) is 0 Å². The Morgan fingerprint density at radius 2 is 2.07 bits per heavy atom. The quantitative estimate of drug-likeness (QED) is 0.695. The third-order valence-corrected chi connectivity index (χ3v) is 2.72. The summed E-state index contributed by atoms with van der Waals surface area (Å²) in [5, 5.41) is 1.44. The van der Waals surface area contributed by atoms with Crippen LogP contribution in [0.1, 0.15) is 26.2 Å². The highest BCUT2D eigenvalue weighted by molar-refractivity contribution is 5.75. The van der Waals surface area contributed by atoms with E-state index in [0.717, 1.165) is 6.42 Å². The van der Waals surface area contributed by atoms with Gasteiger partial charge in [0.15, 0.2) is 5.79 Å². The zero-order valence-electron chi connectivity index (χ0n) is 9.03. The number of hydrogen-bond acceptors (Lipinski definition) is 4. The largest absolute Gasteiger partial charge is 0.348 e. The van der Waals surface area contributed by atoms with Crippen LogP contribution in [-0.2, 0) is 19.1 Å². The zero-order chi connectivity index (χ0) is 10.7. The zero-order valence-corrected chi connectivity index (χ0v) is 9.03. The number of ether oxygens (including phenoxy) is 2. The van der Waals surface area contributed by atoms with Gasteiger partial charge in [-0.05, 0) is 13.3 Å². The third-order valence-electron chi connectivity index (χ3n) is 2.72. The lowest BCUT2D eigenvalue weighted by atomic mass is 10.1. The van der Waals surface area contributed by atoms with E-state index in [9.17, 15) is 4.79 Å². The molecule has 2 fully saturated rings. The van der Waals surface area contributed by atoms with Gasteiger partial charge in [0.05, 0.1) is 26.4 Å². The Labute approximate surface area is 89.2 Å². The molecular formula is C10H17NO4. The maximum Gasteiger partial charge on any atom is 0.246 e. The lowest BCUT2D eigenvalue weighted by Gasteiger charge is -2.22. The Balaban J connectivity index is 1.74. The van der Waals surface area contributed by atoms with Crippen molar-refractivity contribution in [2.75, 3.05) is 26.4 Å². The van der Waals surface area contributed by atoms with Gasteiger partial charge < -0.3 is 9.47 Å². The van der Waals surface area contributed by atoms with Crippen LogP contribution in [0.5, 0.6) is 0 Å². The van der Waals surface area contributed by atoms with Crippen molar-refractivity contribution in [3.63, 3.8) is 0 Å². The summed E-state index contributed by atoms with van der Waals surface area (Å²) >= 11 is 0. The topological polar surface area (TPSA) is 48.0 Å². The van der Waals surface area contributed by atoms with Crippen molar-refractivity contribution in [1.29, 1.82) is 0 Å². The first-order valence-corrected chi connectivity index (χ1v) is 5.41. The highest BCUT2D eigenvalue weighted by atomic mass is 16.7. The Bertz CT molecular complexity index is 232. The number of rotatable bonds is 3. The van der Waals surface area contributed by atoms with Crippen molar-refractivity contribution in [1.82, 2.24) is 5.06 Å². The lowest BCUT2D eigenvalue weighted by Crippen LogP contribution is -2.31. The maximum atomic E-state index is 11.6. The van der Waals surface area contributed by atoms with Crippen LogP contribution in [0.25, 0.3) is 0 Å². The van der Waals surface area contributed by atoms with Gasteiger partial charge in [0.25, 0.3) is 0 Å². The number of hydroxylamine groups is 2. The molecule has 0 N–H and O–H groups in total. The highest BCUT2D eigenvalue weighted by Crippen LogP contribution is 2.24. The number of hydrogen-bond donors (Lipinski definition) is 0. The van der Waals surface area contributed by atoms with Gasteiger partial charge in [-0.15, -0.1) is 0 Å². The molecule has 5 nitrogen and oxygen atoms in total. The Morgan fingerprint density at radius 1 is 1.33 bits per heavy atom. The molecule has 0 unspecified atom stereocenters. The number of carbonyl (C=O) groups excluding carboxylic acids is 1. The van der Waals surface area contributed by atoms with E-state index < -0.39 is 5.79 Å². The summed E-state index contributed by atoms with van der Waals surface area (Å²) < 4.78 is 10.8. The van der Waals surface area contributed by atoms with E-state index >= 15 is 0 Å². The first-order valence-electron chi connectivity index (χ1n) is 5.41. The number of nitrogens with zero attached hydrogens (tertiary/aromatic N) is 1. The summed E-state index contributed by atoms with van der Waals surface area (Å²) in [4.78, 5) is 16.8. The van der Waals surface area contributed by atoms with Gasteiger partial charge in [0.2, 0.25) is 5.91 Å². The summed E-state index contributed by atoms with van der Waals surface area (Å²) in [6, 6.07) is 0. The summed E-state index contributed by atoms with van der Waals surface area (Å²) in [6.45, 7) is 4.46. The normalized spacial score (nSPS) is 24.7. The second kappa shape index (κ2) is 4.47. The average Bonchev–Trinajstić information content (AvgIpc) is 2.85. The van der Waals surface area contributed by atoms with Crippen LogP contribution in [0, 0.1) is 0 Å². The summed E-state index contributed by atoms with van der Waals surface area (Å²) in [6.07, 6.45) is 1.93. The van der Waals surface area contributed by atoms with E-state index in [1.54, 1.807) is 0 Å². The molecule has 0 spiro atoms. The SMILES string of the molecule is CC1(CCC(=O)N2CCCO2)OCCO1. The molecule has 86 valence electrons. The number of amides is 1. The predicted molar refractivity (Wildman–Crippen MR) is 51.8 cm³/mol. The Hall–Kier alpha value is -0.650. The van der Waals surface area contributed by atoms with Gasteiger partial charge in [-0.3, -0.25) is 9.63 Å². The van der Waals surface area contributed by atoms with E-state index in [-0.39, 0.29) is 5.91 Å². The fourth-order valence-corrected chi connectivity index (χ4v) is 1.80. The van der Waals surface area contributed by atoms with Crippen LogP contribution in [0.15, 0.2) is 0 Å². The molecule has 0 radical (unpaired) electrons. The molecule has 0 aromatic carbocycles. The molecule has 1 amide bonds. The second-order valence-electron chi connectivity index (χ2n) is 4.01. The maximum absolute atomic E-state index is 11.6. The second-order valence-corrected chi connectivity index (χ2v) is 4.01. The van der Waals surface area contributed by atoms with E-state index in [1.165, 1.54) is 5.06 Å². The minimum Gasteiger partial charge on any atom is -0.348 e. The molecule has 2 rings (SSSR count). The molecule has 2 aliphatic rings. The van der Waals surface area contributed by atoms with E-state index in [0.29, 0.717) is 39.2 Å². The van der Waals surface area contributed by atoms with Crippen molar-refractivity contribution in [3.05, 3.63) is 0 Å². The molecule has 2 saturated heterocycles. The van der Waals surface area contributed by atoms with E-state index in [4.69, 9.17) is 14.3 Å². The molecule has 0 aromatic rings. The van der Waals surface area contributed by atoms with Crippen molar-refractivity contribution < 1.29 is 19.1 Å².